The summed E-state index contributed by atoms with van der Waals surface area (Å²) in [6.07, 6.45) is 41.4. The van der Waals surface area contributed by atoms with Crippen LogP contribution in [0.1, 0.15) is 337 Å². The third kappa shape index (κ3) is 58.9. The largest absolute Gasteiger partial charge is 0.472 e. The standard InChI is InChI=1S/C68H132O17P2/c1-8-12-13-14-15-16-17-18-28-35-42-49-65(70)78-55-63(84-67(72)51-44-37-30-23-20-26-33-40-47-60(6)10-3)57-82-86(74,75)80-53-62(69)54-81-87(76,77)83-58-64(85-68(73)52-45-38-31-24-21-27-34-41-48-61(7)11-4)56-79-66(71)50-43-36-29-22-19-25-32-39-46-59(5)9-2/h59-64,69H,8-58H2,1-7H3,(H,74,75)(H,76,77)/t59?,60?,61?,62-,63+,64+/m0/s1. The van der Waals surface area contributed by atoms with E-state index in [4.69, 9.17) is 37.0 Å². The molecule has 8 atom stereocenters. The fourth-order valence-corrected chi connectivity index (χ4v) is 11.7. The summed E-state index contributed by atoms with van der Waals surface area (Å²) in [5, 5.41) is 10.6. The lowest BCUT2D eigenvalue weighted by molar-refractivity contribution is -0.161. The third-order valence-electron chi connectivity index (χ3n) is 16.7. The lowest BCUT2D eigenvalue weighted by Gasteiger charge is -2.21. The van der Waals surface area contributed by atoms with Crippen LogP contribution in [0, 0.1) is 17.8 Å². The van der Waals surface area contributed by atoms with Crippen molar-refractivity contribution in [3.63, 3.8) is 0 Å². The maximum absolute atomic E-state index is 13.0. The average Bonchev–Trinajstić information content (AvgIpc) is 3.58. The van der Waals surface area contributed by atoms with Gasteiger partial charge in [-0.3, -0.25) is 37.3 Å². The van der Waals surface area contributed by atoms with Crippen molar-refractivity contribution in [3.05, 3.63) is 0 Å². The molecule has 0 aliphatic heterocycles. The molecular weight excluding hydrogens is 1150 g/mol. The zero-order valence-corrected chi connectivity index (χ0v) is 58.3. The Bertz CT molecular complexity index is 1720. The fourth-order valence-electron chi connectivity index (χ4n) is 10.1. The van der Waals surface area contributed by atoms with Gasteiger partial charge in [-0.2, -0.15) is 0 Å². The Morgan fingerprint density at radius 1 is 0.322 bits per heavy atom. The van der Waals surface area contributed by atoms with Gasteiger partial charge in [0, 0.05) is 25.7 Å². The van der Waals surface area contributed by atoms with Crippen LogP contribution >= 0.6 is 15.6 Å². The van der Waals surface area contributed by atoms with Crippen LogP contribution in [0.3, 0.4) is 0 Å². The predicted molar refractivity (Wildman–Crippen MR) is 349 cm³/mol. The summed E-state index contributed by atoms with van der Waals surface area (Å²) < 4.78 is 68.2. The molecule has 0 aromatic heterocycles. The van der Waals surface area contributed by atoms with Crippen LogP contribution in [-0.4, -0.2) is 96.7 Å². The predicted octanol–water partition coefficient (Wildman–Crippen LogP) is 19.1. The lowest BCUT2D eigenvalue weighted by Crippen LogP contribution is -2.30. The minimum absolute atomic E-state index is 0.104. The fraction of sp³-hybridized carbons (Fsp3) is 0.941. The lowest BCUT2D eigenvalue weighted by atomic mass is 9.99. The zero-order valence-electron chi connectivity index (χ0n) is 56.5. The molecule has 0 fully saturated rings. The molecule has 19 heteroatoms. The molecule has 5 unspecified atom stereocenters. The summed E-state index contributed by atoms with van der Waals surface area (Å²) in [4.78, 5) is 72.5. The van der Waals surface area contributed by atoms with Crippen molar-refractivity contribution in [1.82, 2.24) is 0 Å². The minimum atomic E-state index is -4.95. The summed E-state index contributed by atoms with van der Waals surface area (Å²) in [5.41, 5.74) is 0. The van der Waals surface area contributed by atoms with Crippen LogP contribution in [0.4, 0.5) is 0 Å². The number of esters is 4. The van der Waals surface area contributed by atoms with E-state index < -0.39 is 97.5 Å². The van der Waals surface area contributed by atoms with Gasteiger partial charge in [-0.15, -0.1) is 0 Å². The van der Waals surface area contributed by atoms with Gasteiger partial charge in [0.1, 0.15) is 19.3 Å². The number of phosphoric acid groups is 2. The molecule has 0 aliphatic rings. The highest BCUT2D eigenvalue weighted by Crippen LogP contribution is 2.45. The van der Waals surface area contributed by atoms with Gasteiger partial charge in [0.15, 0.2) is 12.2 Å². The van der Waals surface area contributed by atoms with E-state index in [-0.39, 0.29) is 25.7 Å². The SMILES string of the molecule is CCCCCCCCCCCCCC(=O)OC[C@H](COP(=O)(O)OC[C@H](O)COP(=O)(O)OC[C@@H](COC(=O)CCCCCCCCCCC(C)CC)OC(=O)CCCCCCCCCCC(C)CC)OC(=O)CCCCCCCCCCC(C)CC. The Balaban J connectivity index is 5.28. The maximum atomic E-state index is 13.0. The second-order valence-electron chi connectivity index (χ2n) is 25.3. The average molecular weight is 1280 g/mol. The molecule has 0 aliphatic carbocycles. The van der Waals surface area contributed by atoms with Crippen molar-refractivity contribution in [1.29, 1.82) is 0 Å². The van der Waals surface area contributed by atoms with E-state index in [1.165, 1.54) is 148 Å². The molecule has 0 spiro atoms. The molecule has 0 aromatic carbocycles. The van der Waals surface area contributed by atoms with Gasteiger partial charge in [-0.1, -0.05) is 286 Å². The molecule has 87 heavy (non-hydrogen) atoms. The smallest absolute Gasteiger partial charge is 0.462 e. The van der Waals surface area contributed by atoms with Gasteiger partial charge in [0.05, 0.1) is 26.4 Å². The van der Waals surface area contributed by atoms with E-state index in [9.17, 15) is 43.2 Å². The van der Waals surface area contributed by atoms with Crippen molar-refractivity contribution in [3.8, 4) is 0 Å². The minimum Gasteiger partial charge on any atom is -0.462 e. The number of carbonyl (C=O) groups excluding carboxylic acids is 4. The first-order valence-electron chi connectivity index (χ1n) is 35.5. The molecule has 0 amide bonds. The van der Waals surface area contributed by atoms with Crippen LogP contribution in [-0.2, 0) is 65.4 Å². The van der Waals surface area contributed by atoms with Crippen molar-refractivity contribution >= 4 is 39.5 Å². The van der Waals surface area contributed by atoms with E-state index in [1.807, 2.05) is 0 Å². The molecule has 0 heterocycles. The van der Waals surface area contributed by atoms with Gasteiger partial charge in [0.2, 0.25) is 0 Å². The van der Waals surface area contributed by atoms with E-state index in [0.29, 0.717) is 25.7 Å². The molecule has 0 rings (SSSR count). The number of hydrogen-bond acceptors (Lipinski definition) is 15. The van der Waals surface area contributed by atoms with Gasteiger partial charge < -0.3 is 33.8 Å². The van der Waals surface area contributed by atoms with E-state index in [2.05, 4.69) is 48.5 Å². The maximum Gasteiger partial charge on any atom is 0.472 e. The molecule has 17 nitrogen and oxygen atoms in total. The van der Waals surface area contributed by atoms with Crippen molar-refractivity contribution in [2.75, 3.05) is 39.6 Å². The van der Waals surface area contributed by atoms with E-state index in [0.717, 1.165) is 108 Å². The topological polar surface area (TPSA) is 237 Å². The second-order valence-corrected chi connectivity index (χ2v) is 28.2. The first-order valence-corrected chi connectivity index (χ1v) is 38.5. The molecule has 0 saturated carbocycles. The highest BCUT2D eigenvalue weighted by molar-refractivity contribution is 7.47. The summed E-state index contributed by atoms with van der Waals surface area (Å²) in [6, 6.07) is 0. The van der Waals surface area contributed by atoms with Crippen LogP contribution in [0.15, 0.2) is 0 Å². The van der Waals surface area contributed by atoms with Crippen LogP contribution < -0.4 is 0 Å². The first kappa shape index (κ1) is 85.1. The number of aliphatic hydroxyl groups excluding tert-OH is 1. The van der Waals surface area contributed by atoms with Gasteiger partial charge in [-0.05, 0) is 43.4 Å². The quantitative estimate of drug-likeness (QED) is 0.0222. The van der Waals surface area contributed by atoms with Gasteiger partial charge >= 0.3 is 39.5 Å². The first-order chi connectivity index (χ1) is 41.8. The normalized spacial score (nSPS) is 15.2. The zero-order chi connectivity index (χ0) is 64.5. The molecule has 0 aromatic rings. The van der Waals surface area contributed by atoms with E-state index in [1.54, 1.807) is 0 Å². The van der Waals surface area contributed by atoms with Crippen LogP contribution in [0.5, 0.6) is 0 Å². The summed E-state index contributed by atoms with van der Waals surface area (Å²) >= 11 is 0. The van der Waals surface area contributed by atoms with Crippen LogP contribution in [0.25, 0.3) is 0 Å². The summed E-state index contributed by atoms with van der Waals surface area (Å²) in [6.45, 7) is 11.8. The molecular formula is C68H132O17P2. The molecule has 0 saturated heterocycles. The van der Waals surface area contributed by atoms with Crippen molar-refractivity contribution < 1.29 is 80.2 Å². The number of rotatable bonds is 66. The van der Waals surface area contributed by atoms with Crippen LogP contribution in [0.2, 0.25) is 0 Å². The Morgan fingerprint density at radius 3 is 0.816 bits per heavy atom. The molecule has 3 N–H and O–H groups in total. The monoisotopic (exact) mass is 1280 g/mol. The number of ether oxygens (including phenoxy) is 4. The Hall–Kier alpha value is -1.94. The number of aliphatic hydroxyl groups is 1. The van der Waals surface area contributed by atoms with Gasteiger partial charge in [0.25, 0.3) is 0 Å². The van der Waals surface area contributed by atoms with Crippen molar-refractivity contribution in [2.24, 2.45) is 17.8 Å². The number of hydrogen-bond donors (Lipinski definition) is 3. The molecule has 0 radical (unpaired) electrons. The highest BCUT2D eigenvalue weighted by Gasteiger charge is 2.30. The Morgan fingerprint density at radius 2 is 0.552 bits per heavy atom. The third-order valence-corrected chi connectivity index (χ3v) is 18.6. The second kappa shape index (κ2) is 59.1. The molecule has 0 bridgehead atoms. The van der Waals surface area contributed by atoms with Crippen molar-refractivity contribution in [2.45, 2.75) is 356 Å². The number of unbranched alkanes of at least 4 members (excludes halogenated alkanes) is 31. The number of phosphoric ester groups is 2. The van der Waals surface area contributed by atoms with Gasteiger partial charge in [-0.25, -0.2) is 9.13 Å². The molecule has 516 valence electrons. The summed E-state index contributed by atoms with van der Waals surface area (Å²) in [5.74, 6) is 0.185. The highest BCUT2D eigenvalue weighted by atomic mass is 31.2. The Kier molecular flexibility index (Phi) is 57.8. The number of carbonyl (C=O) groups is 4. The Labute approximate surface area is 530 Å². The summed E-state index contributed by atoms with van der Waals surface area (Å²) in [7, 11) is -9.90. The van der Waals surface area contributed by atoms with E-state index >= 15 is 0 Å².